The molecular formula is C16H22. The maximum Gasteiger partial charge on any atom is -0.0222 e. The Hall–Kier alpha value is -1.04. The average Bonchev–Trinajstić information content (AvgIpc) is 2.36. The van der Waals surface area contributed by atoms with Crippen molar-refractivity contribution in [2.75, 3.05) is 0 Å². The van der Waals surface area contributed by atoms with Gasteiger partial charge in [0.1, 0.15) is 0 Å². The van der Waals surface area contributed by atoms with Gasteiger partial charge in [0.05, 0.1) is 0 Å². The molecule has 2 rings (SSSR count). The number of hydrogen-bond acceptors (Lipinski definition) is 0. The highest BCUT2D eigenvalue weighted by molar-refractivity contribution is 5.61. The Balaban J connectivity index is 2.46. The van der Waals surface area contributed by atoms with E-state index in [0.717, 1.165) is 6.42 Å². The first-order valence-corrected chi connectivity index (χ1v) is 6.62. The van der Waals surface area contributed by atoms with Gasteiger partial charge in [0.15, 0.2) is 0 Å². The Morgan fingerprint density at radius 2 is 1.56 bits per heavy atom. The summed E-state index contributed by atoms with van der Waals surface area (Å²) in [5, 5.41) is 0. The topological polar surface area (TPSA) is 0 Å². The molecule has 0 nitrogen and oxygen atoms in total. The van der Waals surface area contributed by atoms with E-state index < -0.39 is 0 Å². The van der Waals surface area contributed by atoms with Crippen molar-refractivity contribution < 1.29 is 0 Å². The summed E-state index contributed by atoms with van der Waals surface area (Å²) in [5.41, 5.74) is 7.74. The number of aryl methyl sites for hydroxylation is 3. The Bertz CT molecular complexity index is 410. The van der Waals surface area contributed by atoms with Crippen molar-refractivity contribution in [2.24, 2.45) is 0 Å². The number of hydrogen-bond donors (Lipinski definition) is 0. The molecule has 0 atom stereocenters. The predicted octanol–water partition coefficient (Wildman–Crippen LogP) is 4.55. The molecule has 0 radical (unpaired) electrons. The second-order valence-electron chi connectivity index (χ2n) is 4.68. The molecule has 0 heteroatoms. The first-order chi connectivity index (χ1) is 7.78. The van der Waals surface area contributed by atoms with E-state index in [9.17, 15) is 0 Å². The third-order valence-electron chi connectivity index (χ3n) is 3.75. The van der Waals surface area contributed by atoms with E-state index in [0.29, 0.717) is 0 Å². The van der Waals surface area contributed by atoms with Gasteiger partial charge in [-0.15, -0.1) is 0 Å². The highest BCUT2D eigenvalue weighted by atomic mass is 14.2. The molecular weight excluding hydrogens is 192 g/mol. The van der Waals surface area contributed by atoms with E-state index >= 15 is 0 Å². The van der Waals surface area contributed by atoms with Crippen LogP contribution >= 0.6 is 0 Å². The van der Waals surface area contributed by atoms with Crippen molar-refractivity contribution in [3.8, 4) is 0 Å². The van der Waals surface area contributed by atoms with Gasteiger partial charge in [-0.3, -0.25) is 0 Å². The van der Waals surface area contributed by atoms with Gasteiger partial charge in [0.2, 0.25) is 0 Å². The third kappa shape index (κ3) is 2.07. The van der Waals surface area contributed by atoms with Gasteiger partial charge in [0.25, 0.3) is 0 Å². The number of rotatable bonds is 3. The molecule has 1 aromatic rings. The Morgan fingerprint density at radius 3 is 2.19 bits per heavy atom. The van der Waals surface area contributed by atoms with Crippen molar-refractivity contribution >= 4 is 6.08 Å². The largest absolute Gasteiger partial charge is 0.0696 e. The minimum Gasteiger partial charge on any atom is -0.0696 e. The van der Waals surface area contributed by atoms with Gasteiger partial charge in [0, 0.05) is 0 Å². The normalized spacial score (nSPS) is 14.6. The molecule has 0 heterocycles. The minimum atomic E-state index is 1.16. The lowest BCUT2D eigenvalue weighted by atomic mass is 9.87. The lowest BCUT2D eigenvalue weighted by Crippen LogP contribution is -2.03. The maximum atomic E-state index is 2.44. The van der Waals surface area contributed by atoms with Crippen LogP contribution in [-0.4, -0.2) is 0 Å². The molecule has 0 saturated heterocycles. The van der Waals surface area contributed by atoms with Crippen molar-refractivity contribution in [3.63, 3.8) is 0 Å². The van der Waals surface area contributed by atoms with Crippen LogP contribution in [0.2, 0.25) is 0 Å². The fraction of sp³-hybridized carbons (Fsp3) is 0.500. The summed E-state index contributed by atoms with van der Waals surface area (Å²) >= 11 is 0. The molecule has 1 aliphatic rings. The first-order valence-electron chi connectivity index (χ1n) is 6.62. The maximum absolute atomic E-state index is 2.44. The van der Waals surface area contributed by atoms with Crippen molar-refractivity contribution in [3.05, 3.63) is 40.0 Å². The van der Waals surface area contributed by atoms with Crippen LogP contribution in [0.25, 0.3) is 6.08 Å². The summed E-state index contributed by atoms with van der Waals surface area (Å²) in [5.74, 6) is 0. The van der Waals surface area contributed by atoms with E-state index in [4.69, 9.17) is 0 Å². The molecule has 1 aliphatic carbocycles. The molecule has 0 bridgehead atoms. The summed E-state index contributed by atoms with van der Waals surface area (Å²) in [7, 11) is 0. The summed E-state index contributed by atoms with van der Waals surface area (Å²) in [6, 6.07) is 4.86. The summed E-state index contributed by atoms with van der Waals surface area (Å²) in [4.78, 5) is 0. The lowest BCUT2D eigenvalue weighted by molar-refractivity contribution is 0.869. The molecule has 0 N–H and O–H groups in total. The van der Waals surface area contributed by atoms with Crippen molar-refractivity contribution in [1.82, 2.24) is 0 Å². The summed E-state index contributed by atoms with van der Waals surface area (Å²) < 4.78 is 0. The van der Waals surface area contributed by atoms with Crippen molar-refractivity contribution in [2.45, 2.75) is 52.9 Å². The average molecular weight is 214 g/mol. The van der Waals surface area contributed by atoms with Gasteiger partial charge < -0.3 is 0 Å². The zero-order valence-corrected chi connectivity index (χ0v) is 10.8. The summed E-state index contributed by atoms with van der Waals surface area (Å²) in [6.45, 7) is 6.78. The highest BCUT2D eigenvalue weighted by Gasteiger charge is 2.11. The summed E-state index contributed by atoms with van der Waals surface area (Å²) in [6.07, 6.45) is 8.45. The second-order valence-corrected chi connectivity index (χ2v) is 4.68. The van der Waals surface area contributed by atoms with E-state index in [1.807, 2.05) is 0 Å². The fourth-order valence-corrected chi connectivity index (χ4v) is 2.63. The Morgan fingerprint density at radius 1 is 0.875 bits per heavy atom. The van der Waals surface area contributed by atoms with Gasteiger partial charge in [-0.25, -0.2) is 0 Å². The predicted molar refractivity (Wildman–Crippen MR) is 71.8 cm³/mol. The number of benzene rings is 1. The van der Waals surface area contributed by atoms with Crippen molar-refractivity contribution in [1.29, 1.82) is 0 Å². The van der Waals surface area contributed by atoms with E-state index in [-0.39, 0.29) is 0 Å². The van der Waals surface area contributed by atoms with E-state index in [2.05, 4.69) is 39.0 Å². The fourth-order valence-electron chi connectivity index (χ4n) is 2.63. The zero-order chi connectivity index (χ0) is 11.5. The smallest absolute Gasteiger partial charge is 0.0222 e. The molecule has 0 unspecified atom stereocenters. The first kappa shape index (κ1) is 11.4. The molecule has 1 aromatic carbocycles. The lowest BCUT2D eigenvalue weighted by Gasteiger charge is -2.18. The molecule has 0 fully saturated rings. The van der Waals surface area contributed by atoms with Gasteiger partial charge in [-0.05, 0) is 54.4 Å². The van der Waals surface area contributed by atoms with Crippen LogP contribution in [0.5, 0.6) is 0 Å². The van der Waals surface area contributed by atoms with Gasteiger partial charge in [-0.2, -0.15) is 0 Å². The number of fused-ring (bicyclic) bond motifs is 1. The van der Waals surface area contributed by atoms with Crippen LogP contribution < -0.4 is 0 Å². The Kier molecular flexibility index (Phi) is 3.48. The molecule has 0 amide bonds. The molecule has 0 saturated carbocycles. The zero-order valence-electron chi connectivity index (χ0n) is 10.8. The van der Waals surface area contributed by atoms with E-state index in [1.54, 1.807) is 16.7 Å². The third-order valence-corrected chi connectivity index (χ3v) is 3.75. The van der Waals surface area contributed by atoms with Crippen LogP contribution in [0, 0.1) is 0 Å². The molecule has 86 valence electrons. The monoisotopic (exact) mass is 214 g/mol. The van der Waals surface area contributed by atoms with Gasteiger partial charge >= 0.3 is 0 Å². The standard InChI is InChI=1S/C16H22/c1-4-12-7-8-15-10-13(5-2)14(6-3)11-16(15)9-12/h9-11H,4-8H2,1-3H3. The van der Waals surface area contributed by atoms with E-state index in [1.165, 1.54) is 36.8 Å². The molecule has 16 heavy (non-hydrogen) atoms. The van der Waals surface area contributed by atoms with Crippen LogP contribution in [-0.2, 0) is 19.3 Å². The quantitative estimate of drug-likeness (QED) is 0.692. The second kappa shape index (κ2) is 4.86. The molecule has 0 aliphatic heterocycles. The van der Waals surface area contributed by atoms with Crippen LogP contribution in [0.4, 0.5) is 0 Å². The SMILES string of the molecule is CCC1=Cc2cc(CC)c(CC)cc2CC1. The van der Waals surface area contributed by atoms with Gasteiger partial charge in [-0.1, -0.05) is 44.6 Å². The Labute approximate surface area is 99.4 Å². The number of allylic oxidation sites excluding steroid dienone is 1. The van der Waals surface area contributed by atoms with Crippen LogP contribution in [0.15, 0.2) is 17.7 Å². The van der Waals surface area contributed by atoms with Crippen LogP contribution in [0.1, 0.15) is 55.9 Å². The highest BCUT2D eigenvalue weighted by Crippen LogP contribution is 2.28. The molecule has 0 aromatic heterocycles. The molecule has 0 spiro atoms. The van der Waals surface area contributed by atoms with Crippen LogP contribution in [0.3, 0.4) is 0 Å². The minimum absolute atomic E-state index is 1.16.